The Balaban J connectivity index is 3.29. The third kappa shape index (κ3) is 3.35. The number of carbonyl (C=O) groups is 1. The van der Waals surface area contributed by atoms with Crippen molar-refractivity contribution in [2.24, 2.45) is 4.99 Å². The molecule has 0 saturated heterocycles. The second kappa shape index (κ2) is 6.23. The van der Waals surface area contributed by atoms with E-state index in [1.807, 2.05) is 0 Å². The molecule has 0 aromatic heterocycles. The second-order valence-electron chi connectivity index (χ2n) is 2.95. The highest BCUT2D eigenvalue weighted by Gasteiger charge is 2.14. The van der Waals surface area contributed by atoms with E-state index in [2.05, 4.69) is 10.3 Å². The van der Waals surface area contributed by atoms with Crippen LogP contribution in [-0.2, 0) is 0 Å². The molecule has 5 nitrogen and oxygen atoms in total. The molecule has 8 heteroatoms. The molecule has 0 aliphatic carbocycles. The monoisotopic (exact) mass is 287 g/mol. The first-order valence-corrected chi connectivity index (χ1v) is 6.10. The number of benzene rings is 1. The number of carboxylic acid groups (broad SMARTS) is 1. The number of nitrogens with zero attached hydrogens (tertiary/aromatic N) is 2. The number of aromatic carboxylic acids is 1. The Hall–Kier alpha value is -1.78. The van der Waals surface area contributed by atoms with Crippen LogP contribution in [0.4, 0.5) is 10.1 Å². The van der Waals surface area contributed by atoms with Gasteiger partial charge in [-0.2, -0.15) is 5.26 Å². The summed E-state index contributed by atoms with van der Waals surface area (Å²) in [5.41, 5.74) is -0.460. The smallest absolute Gasteiger partial charge is 0.338 e. The van der Waals surface area contributed by atoms with Crippen molar-refractivity contribution in [1.29, 1.82) is 5.26 Å². The highest BCUT2D eigenvalue weighted by Crippen LogP contribution is 2.28. The van der Waals surface area contributed by atoms with Crippen molar-refractivity contribution in [2.45, 2.75) is 0 Å². The molecule has 0 radical (unpaired) electrons. The summed E-state index contributed by atoms with van der Waals surface area (Å²) in [5, 5.41) is 19.7. The molecule has 0 heterocycles. The summed E-state index contributed by atoms with van der Waals surface area (Å²) in [6.45, 7) is 0. The maximum atomic E-state index is 13.3. The van der Waals surface area contributed by atoms with Gasteiger partial charge in [0, 0.05) is 0 Å². The molecule has 0 aliphatic rings. The molecule has 0 bridgehead atoms. The largest absolute Gasteiger partial charge is 0.478 e. The summed E-state index contributed by atoms with van der Waals surface area (Å²) < 4.78 is 13.3. The Morgan fingerprint density at radius 2 is 2.33 bits per heavy atom. The third-order valence-corrected chi connectivity index (χ3v) is 2.73. The summed E-state index contributed by atoms with van der Waals surface area (Å²) in [7, 11) is 0. The van der Waals surface area contributed by atoms with Crippen molar-refractivity contribution < 1.29 is 14.3 Å². The van der Waals surface area contributed by atoms with Crippen LogP contribution in [0.1, 0.15) is 10.4 Å². The van der Waals surface area contributed by atoms with Crippen molar-refractivity contribution >= 4 is 40.2 Å². The molecule has 0 unspecified atom stereocenters. The number of aliphatic imine (C=N–C) groups is 1. The van der Waals surface area contributed by atoms with Crippen molar-refractivity contribution in [3.63, 3.8) is 0 Å². The van der Waals surface area contributed by atoms with Crippen LogP contribution < -0.4 is 5.32 Å². The predicted octanol–water partition coefficient (Wildman–Crippen LogP) is 2.60. The van der Waals surface area contributed by atoms with E-state index in [4.69, 9.17) is 22.0 Å². The Morgan fingerprint density at radius 1 is 1.67 bits per heavy atom. The van der Waals surface area contributed by atoms with Gasteiger partial charge in [0.15, 0.2) is 11.4 Å². The molecule has 0 fully saturated rings. The lowest BCUT2D eigenvalue weighted by Gasteiger charge is -2.04. The highest BCUT2D eigenvalue weighted by molar-refractivity contribution is 8.13. The topological polar surface area (TPSA) is 85.5 Å². The number of thioether (sulfide) groups is 1. The van der Waals surface area contributed by atoms with Crippen LogP contribution in [0.15, 0.2) is 17.1 Å². The Bertz CT molecular complexity index is 557. The molecule has 0 amide bonds. The molecule has 0 atom stereocenters. The van der Waals surface area contributed by atoms with Crippen molar-refractivity contribution in [1.82, 2.24) is 5.32 Å². The molecule has 0 spiro atoms. The quantitative estimate of drug-likeness (QED) is 0.378. The minimum Gasteiger partial charge on any atom is -0.478 e. The van der Waals surface area contributed by atoms with Gasteiger partial charge in [0.2, 0.25) is 0 Å². The van der Waals surface area contributed by atoms with Crippen LogP contribution in [0.2, 0.25) is 5.02 Å². The van der Waals surface area contributed by atoms with E-state index < -0.39 is 17.3 Å². The van der Waals surface area contributed by atoms with Gasteiger partial charge < -0.3 is 5.11 Å². The number of hydrogen-bond acceptors (Lipinski definition) is 4. The number of halogens is 2. The maximum Gasteiger partial charge on any atom is 0.338 e. The third-order valence-electron chi connectivity index (χ3n) is 1.85. The molecular formula is C10H7ClFN3O2S. The highest BCUT2D eigenvalue weighted by atomic mass is 35.5. The van der Waals surface area contributed by atoms with Crippen LogP contribution in [-0.4, -0.2) is 22.5 Å². The first kappa shape index (κ1) is 14.3. The van der Waals surface area contributed by atoms with Crippen molar-refractivity contribution in [2.75, 3.05) is 6.26 Å². The number of amidine groups is 1. The maximum absolute atomic E-state index is 13.3. The fourth-order valence-corrected chi connectivity index (χ4v) is 1.60. The average molecular weight is 288 g/mol. The zero-order valence-electron chi connectivity index (χ0n) is 9.07. The number of rotatable bonds is 2. The Morgan fingerprint density at radius 3 is 2.83 bits per heavy atom. The summed E-state index contributed by atoms with van der Waals surface area (Å²) >= 11 is 6.88. The first-order valence-electron chi connectivity index (χ1n) is 4.49. The summed E-state index contributed by atoms with van der Waals surface area (Å²) in [5.74, 6) is -2.36. The lowest BCUT2D eigenvalue weighted by Crippen LogP contribution is -2.12. The van der Waals surface area contributed by atoms with Crippen LogP contribution in [0.25, 0.3) is 0 Å². The fourth-order valence-electron chi connectivity index (χ4n) is 1.07. The number of carboxylic acids is 1. The standard InChI is InChI=1S/C10H7ClFN3O2S/c1-18-10(14-4-13)15-8-2-5(9(16)17)7(12)3-6(8)11/h2-3H,1H3,(H,14,15)(H,16,17). The summed E-state index contributed by atoms with van der Waals surface area (Å²) in [4.78, 5) is 14.7. The Labute approximate surface area is 111 Å². The van der Waals surface area contributed by atoms with Gasteiger partial charge in [-0.3, -0.25) is 5.32 Å². The van der Waals surface area contributed by atoms with E-state index >= 15 is 0 Å². The fraction of sp³-hybridized carbons (Fsp3) is 0.100. The van der Waals surface area contributed by atoms with Gasteiger partial charge in [0.1, 0.15) is 5.82 Å². The van der Waals surface area contributed by atoms with Crippen LogP contribution in [0, 0.1) is 17.3 Å². The zero-order valence-corrected chi connectivity index (χ0v) is 10.6. The minimum atomic E-state index is -1.42. The minimum absolute atomic E-state index is 0.0382. The van der Waals surface area contributed by atoms with Gasteiger partial charge in [-0.1, -0.05) is 23.4 Å². The molecule has 2 N–H and O–H groups in total. The molecule has 0 aliphatic heterocycles. The van der Waals surface area contributed by atoms with Crippen molar-refractivity contribution in [3.8, 4) is 6.19 Å². The molecule has 1 rings (SSSR count). The van der Waals surface area contributed by atoms with E-state index in [-0.39, 0.29) is 15.9 Å². The molecule has 1 aromatic carbocycles. The molecule has 1 aromatic rings. The Kier molecular flexibility index (Phi) is 4.95. The lowest BCUT2D eigenvalue weighted by atomic mass is 10.2. The van der Waals surface area contributed by atoms with Gasteiger partial charge in [0.25, 0.3) is 0 Å². The molecule has 18 heavy (non-hydrogen) atoms. The SMILES string of the molecule is CSC(=Nc1cc(C(=O)O)c(F)cc1Cl)NC#N. The second-order valence-corrected chi connectivity index (χ2v) is 4.15. The van der Waals surface area contributed by atoms with E-state index in [1.165, 1.54) is 0 Å². The average Bonchev–Trinajstić information content (AvgIpc) is 2.31. The number of nitriles is 1. The van der Waals surface area contributed by atoms with Crippen LogP contribution >= 0.6 is 23.4 Å². The zero-order chi connectivity index (χ0) is 13.7. The first-order chi connectivity index (χ1) is 8.49. The van der Waals surface area contributed by atoms with Gasteiger partial charge >= 0.3 is 5.97 Å². The van der Waals surface area contributed by atoms with Gasteiger partial charge in [-0.05, 0) is 18.4 Å². The van der Waals surface area contributed by atoms with E-state index in [0.717, 1.165) is 23.9 Å². The van der Waals surface area contributed by atoms with E-state index in [1.54, 1.807) is 12.4 Å². The number of nitrogens with one attached hydrogen (secondary N) is 1. The van der Waals surface area contributed by atoms with Gasteiger partial charge in [0.05, 0.1) is 16.3 Å². The van der Waals surface area contributed by atoms with E-state index in [0.29, 0.717) is 0 Å². The lowest BCUT2D eigenvalue weighted by molar-refractivity contribution is 0.0692. The summed E-state index contributed by atoms with van der Waals surface area (Å²) in [6.07, 6.45) is 3.34. The van der Waals surface area contributed by atoms with Crippen LogP contribution in [0.5, 0.6) is 0 Å². The molecule has 94 valence electrons. The predicted molar refractivity (Wildman–Crippen MR) is 67.7 cm³/mol. The van der Waals surface area contributed by atoms with Gasteiger partial charge in [-0.25, -0.2) is 14.2 Å². The van der Waals surface area contributed by atoms with Crippen molar-refractivity contribution in [3.05, 3.63) is 28.5 Å². The molecule has 0 saturated carbocycles. The summed E-state index contributed by atoms with van der Waals surface area (Å²) in [6, 6.07) is 1.88. The van der Waals surface area contributed by atoms with Crippen LogP contribution in [0.3, 0.4) is 0 Å². The number of hydrogen-bond donors (Lipinski definition) is 2. The normalized spacial score (nSPS) is 10.9. The molecular weight excluding hydrogens is 281 g/mol. The van der Waals surface area contributed by atoms with Gasteiger partial charge in [-0.15, -0.1) is 0 Å². The van der Waals surface area contributed by atoms with E-state index in [9.17, 15) is 9.18 Å².